The van der Waals surface area contributed by atoms with E-state index in [2.05, 4.69) is 8.75 Å². The van der Waals surface area contributed by atoms with Gasteiger partial charge < -0.3 is 0 Å². The lowest BCUT2D eigenvalue weighted by molar-refractivity contribution is 0.591. The zero-order valence-corrected chi connectivity index (χ0v) is 17.0. The van der Waals surface area contributed by atoms with E-state index in [0.717, 1.165) is 11.3 Å². The molecule has 1 heterocycles. The lowest BCUT2D eigenvalue weighted by Crippen LogP contribution is -2.54. The van der Waals surface area contributed by atoms with Gasteiger partial charge in [0, 0.05) is 22.2 Å². The molecule has 0 spiro atoms. The van der Waals surface area contributed by atoms with Crippen molar-refractivity contribution < 1.29 is 12.6 Å². The first kappa shape index (κ1) is 18.8. The molecule has 0 bridgehead atoms. The Balaban J connectivity index is 3.14. The van der Waals surface area contributed by atoms with Gasteiger partial charge in [-0.2, -0.15) is 4.36 Å². The van der Waals surface area contributed by atoms with E-state index in [-0.39, 0.29) is 9.25 Å². The number of hydrogen-bond donors (Lipinski definition) is 1. The van der Waals surface area contributed by atoms with Crippen LogP contribution < -0.4 is 4.39 Å². The Bertz CT molecular complexity index is 728. The fourth-order valence-electron chi connectivity index (χ4n) is 1.26. The monoisotopic (exact) mass is 368 g/mol. The summed E-state index contributed by atoms with van der Waals surface area (Å²) < 4.78 is 43.8. The fraction of sp³-hybridized carbons (Fsp3) is 0.667. The van der Waals surface area contributed by atoms with E-state index in [9.17, 15) is 12.6 Å². The number of nitrogens with one attached hydrogen (secondary N) is 1. The molecule has 122 valence electrons. The lowest BCUT2D eigenvalue weighted by atomic mass is 10.2. The third kappa shape index (κ3) is 5.17. The van der Waals surface area contributed by atoms with Crippen molar-refractivity contribution in [3.8, 4) is 0 Å². The summed E-state index contributed by atoms with van der Waals surface area (Å²) in [7, 11) is -8.03. The molecule has 1 aromatic rings. The second-order valence-corrected chi connectivity index (χ2v) is 17.7. The molecule has 0 radical (unpaired) electrons. The fourth-order valence-corrected chi connectivity index (χ4v) is 8.55. The third-order valence-electron chi connectivity index (χ3n) is 3.41. The number of rotatable bonds is 4. The molecule has 0 fully saturated rings. The first-order valence-corrected chi connectivity index (χ1v) is 14.1. The van der Waals surface area contributed by atoms with E-state index in [1.54, 1.807) is 6.07 Å². The highest BCUT2D eigenvalue weighted by atomic mass is 32.2. The van der Waals surface area contributed by atoms with Crippen molar-refractivity contribution in [2.75, 3.05) is 12.5 Å². The molecule has 0 saturated heterocycles. The zero-order valence-electron chi connectivity index (χ0n) is 13.6. The van der Waals surface area contributed by atoms with Crippen molar-refractivity contribution >= 4 is 44.3 Å². The van der Waals surface area contributed by atoms with E-state index in [4.69, 9.17) is 0 Å². The van der Waals surface area contributed by atoms with Gasteiger partial charge in [-0.1, -0.05) is 33.9 Å². The number of sulfonamides is 1. The van der Waals surface area contributed by atoms with Crippen molar-refractivity contribution in [3.05, 3.63) is 12.1 Å². The molecule has 1 aromatic heterocycles. The Morgan fingerprint density at radius 2 is 1.67 bits per heavy atom. The topological polar surface area (TPSA) is 75.6 Å². The molecule has 0 aliphatic carbocycles. The van der Waals surface area contributed by atoms with Crippen LogP contribution in [0.25, 0.3) is 0 Å². The van der Waals surface area contributed by atoms with Crippen molar-refractivity contribution in [1.29, 1.82) is 0 Å². The minimum absolute atomic E-state index is 0.0916. The molecule has 0 aromatic carbocycles. The molecule has 0 saturated carbocycles. The van der Waals surface area contributed by atoms with E-state index in [1.165, 1.54) is 18.6 Å². The van der Waals surface area contributed by atoms with Crippen molar-refractivity contribution in [2.24, 2.45) is 4.36 Å². The van der Waals surface area contributed by atoms with Crippen LogP contribution in [0.5, 0.6) is 0 Å². The summed E-state index contributed by atoms with van der Waals surface area (Å²) in [5.74, 6) is 0. The smallest absolute Gasteiger partial charge is 0.244 e. The lowest BCUT2D eigenvalue weighted by Gasteiger charge is -2.36. The van der Waals surface area contributed by atoms with Crippen LogP contribution in [-0.2, 0) is 19.8 Å². The van der Waals surface area contributed by atoms with Crippen LogP contribution in [0, 0.1) is 0 Å². The summed E-state index contributed by atoms with van der Waals surface area (Å²) in [6.07, 6.45) is 3.05. The molecule has 0 aliphatic heterocycles. The molecule has 0 atom stereocenters. The van der Waals surface area contributed by atoms with Gasteiger partial charge in [0.05, 0.1) is 0 Å². The standard InChI is InChI=1S/C12H24N2O3S3Si/c1-12(2,3)21(6,7)14-20(16,17)11-9-8-10(18-11)13-19(4,5)15/h8-9,14H,1-7H3. The highest BCUT2D eigenvalue weighted by Crippen LogP contribution is 2.36. The van der Waals surface area contributed by atoms with Gasteiger partial charge in [0.25, 0.3) is 0 Å². The van der Waals surface area contributed by atoms with Gasteiger partial charge in [-0.3, -0.25) is 0 Å². The van der Waals surface area contributed by atoms with Crippen molar-refractivity contribution in [2.45, 2.75) is 43.1 Å². The molecule has 0 unspecified atom stereocenters. The molecular weight excluding hydrogens is 344 g/mol. The van der Waals surface area contributed by atoms with Crippen molar-refractivity contribution in [1.82, 2.24) is 4.39 Å². The highest BCUT2D eigenvalue weighted by Gasteiger charge is 2.39. The Labute approximate surface area is 133 Å². The summed E-state index contributed by atoms with van der Waals surface area (Å²) in [4.78, 5) is 0. The molecule has 0 amide bonds. The van der Waals surface area contributed by atoms with Crippen LogP contribution in [0.1, 0.15) is 20.8 Å². The van der Waals surface area contributed by atoms with Gasteiger partial charge in [-0.25, -0.2) is 17.0 Å². The van der Waals surface area contributed by atoms with Gasteiger partial charge in [-0.15, -0.1) is 11.3 Å². The average Bonchev–Trinajstić information content (AvgIpc) is 2.60. The minimum atomic E-state index is -3.56. The van der Waals surface area contributed by atoms with Gasteiger partial charge in [0.2, 0.25) is 10.0 Å². The third-order valence-corrected chi connectivity index (χ3v) is 13.4. The Morgan fingerprint density at radius 3 is 2.10 bits per heavy atom. The molecule has 9 heteroatoms. The van der Waals surface area contributed by atoms with E-state index < -0.39 is 28.0 Å². The van der Waals surface area contributed by atoms with Crippen LogP contribution in [-0.4, -0.2) is 33.4 Å². The summed E-state index contributed by atoms with van der Waals surface area (Å²) in [6.45, 7) is 10.1. The van der Waals surface area contributed by atoms with Gasteiger partial charge in [0.15, 0.2) is 0 Å². The van der Waals surface area contributed by atoms with E-state index in [0.29, 0.717) is 5.00 Å². The van der Waals surface area contributed by atoms with Gasteiger partial charge in [-0.05, 0) is 17.2 Å². The second-order valence-electron chi connectivity index (χ2n) is 6.85. The molecule has 1 N–H and O–H groups in total. The summed E-state index contributed by atoms with van der Waals surface area (Å²) >= 11 is 1.04. The highest BCUT2D eigenvalue weighted by molar-refractivity contribution is 7.93. The molecule has 1 rings (SSSR count). The molecule has 0 aliphatic rings. The maximum absolute atomic E-state index is 12.5. The summed E-state index contributed by atoms with van der Waals surface area (Å²) in [6, 6.07) is 3.11. The maximum Gasteiger partial charge on any atom is 0.244 e. The van der Waals surface area contributed by atoms with E-state index >= 15 is 0 Å². The largest absolute Gasteiger partial charge is 0.250 e. The minimum Gasteiger partial charge on any atom is -0.250 e. The quantitative estimate of drug-likeness (QED) is 0.828. The Morgan fingerprint density at radius 1 is 1.14 bits per heavy atom. The van der Waals surface area contributed by atoms with Crippen LogP contribution in [0.15, 0.2) is 20.7 Å². The van der Waals surface area contributed by atoms with Crippen LogP contribution in [0.3, 0.4) is 0 Å². The van der Waals surface area contributed by atoms with Crippen LogP contribution in [0.2, 0.25) is 18.1 Å². The van der Waals surface area contributed by atoms with Crippen molar-refractivity contribution in [3.63, 3.8) is 0 Å². The molecule has 5 nitrogen and oxygen atoms in total. The Hall–Kier alpha value is -0.223. The maximum atomic E-state index is 12.5. The number of nitrogens with zero attached hydrogens (tertiary/aromatic N) is 1. The normalized spacial score (nSPS) is 14.2. The van der Waals surface area contributed by atoms with Crippen LogP contribution in [0.4, 0.5) is 5.00 Å². The molecule has 21 heavy (non-hydrogen) atoms. The molecular formula is C12H24N2O3S3Si. The summed E-state index contributed by atoms with van der Waals surface area (Å²) in [5, 5.41) is 0.381. The Kier molecular flexibility index (Phi) is 5.17. The predicted octanol–water partition coefficient (Wildman–Crippen LogP) is 3.39. The zero-order chi connectivity index (χ0) is 16.7. The SMILES string of the molecule is CC(C)(C)[Si](C)(C)NS(=O)(=O)c1ccc(N=S(C)(C)=O)s1. The number of thiophene rings is 1. The first-order valence-electron chi connectivity index (χ1n) is 6.45. The summed E-state index contributed by atoms with van der Waals surface area (Å²) in [5.41, 5.74) is 0. The first-order chi connectivity index (χ1) is 9.14. The van der Waals surface area contributed by atoms with E-state index in [1.807, 2.05) is 33.9 Å². The van der Waals surface area contributed by atoms with Crippen LogP contribution >= 0.6 is 11.3 Å². The van der Waals surface area contributed by atoms with Gasteiger partial charge in [0.1, 0.15) is 17.4 Å². The predicted molar refractivity (Wildman–Crippen MR) is 93.9 cm³/mol. The average molecular weight is 369 g/mol. The second kappa shape index (κ2) is 5.77. The number of hydrogen-bond acceptors (Lipinski definition) is 5. The van der Waals surface area contributed by atoms with Gasteiger partial charge >= 0.3 is 0 Å².